The van der Waals surface area contributed by atoms with Gasteiger partial charge in [0.2, 0.25) is 0 Å². The Hall–Kier alpha value is -3.75. The molecule has 0 spiro atoms. The normalized spacial score (nSPS) is 47.8. The van der Waals surface area contributed by atoms with Gasteiger partial charge in [0.15, 0.2) is 28.9 Å². The third-order valence-electron chi connectivity index (χ3n) is 24.9. The summed E-state index contributed by atoms with van der Waals surface area (Å²) in [5, 5.41) is 0. The highest BCUT2D eigenvalue weighted by Crippen LogP contribution is 2.77. The van der Waals surface area contributed by atoms with Gasteiger partial charge in [-0.1, -0.05) is 113 Å². The Kier molecular flexibility index (Phi) is 10.9. The van der Waals surface area contributed by atoms with Gasteiger partial charge in [-0.05, 0) is 159 Å². The molecule has 15 atom stereocenters. The molecule has 0 saturated heterocycles. The molecule has 10 aliphatic rings. The first-order chi connectivity index (χ1) is 32.8. The molecule has 0 N–H and O–H groups in total. The van der Waals surface area contributed by atoms with Crippen LogP contribution in [0.3, 0.4) is 0 Å². The summed E-state index contributed by atoms with van der Waals surface area (Å²) >= 11 is 0. The number of Topliss-reactive ketones (excluding diaryl/α,β-unsaturated/α-hetero) is 3. The van der Waals surface area contributed by atoms with Crippen molar-refractivity contribution in [2.75, 3.05) is 14.2 Å². The van der Waals surface area contributed by atoms with E-state index in [4.69, 9.17) is 9.47 Å². The summed E-state index contributed by atoms with van der Waals surface area (Å²) in [6.45, 7) is 27.9. The third-order valence-corrected chi connectivity index (χ3v) is 24.9. The molecule has 0 aromatic heterocycles. The van der Waals surface area contributed by atoms with Gasteiger partial charge in [-0.25, -0.2) is 0 Å². The van der Waals surface area contributed by atoms with E-state index in [1.807, 2.05) is 52.0 Å². The lowest BCUT2D eigenvalue weighted by Gasteiger charge is -2.69. The molecule has 0 radical (unpaired) electrons. The topological polar surface area (TPSA) is 138 Å². The second-order valence-electron chi connectivity index (χ2n) is 28.9. The molecule has 0 aromatic rings. The lowest BCUT2D eigenvalue weighted by molar-refractivity contribution is -0.191. The van der Waals surface area contributed by atoms with E-state index in [0.717, 1.165) is 62.5 Å². The molecule has 6 fully saturated rings. The predicted molar refractivity (Wildman–Crippen MR) is 271 cm³/mol. The number of hydrogen-bond acceptors (Lipinski definition) is 9. The zero-order valence-electron chi connectivity index (χ0n) is 45.9. The van der Waals surface area contributed by atoms with Crippen LogP contribution in [0.25, 0.3) is 0 Å². The van der Waals surface area contributed by atoms with E-state index in [1.54, 1.807) is 0 Å². The number of carbonyl (C=O) groups excluding carboxylic acids is 7. The first-order valence-electron chi connectivity index (χ1n) is 27.6. The van der Waals surface area contributed by atoms with E-state index in [1.165, 1.54) is 14.2 Å². The van der Waals surface area contributed by atoms with Gasteiger partial charge in [-0.3, -0.25) is 33.6 Å². The minimum Gasteiger partial charge on any atom is -0.469 e. The smallest absolute Gasteiger partial charge is 0.312 e. The maximum atomic E-state index is 15.8. The Balaban J connectivity index is 1.08. The molecular weight excluding hydrogens is 889 g/mol. The van der Waals surface area contributed by atoms with Gasteiger partial charge in [-0.15, -0.1) is 0 Å². The predicted octanol–water partition coefficient (Wildman–Crippen LogP) is 11.9. The molecule has 0 amide bonds. The Bertz CT molecular complexity index is 2620. The molecule has 0 bridgehead atoms. The van der Waals surface area contributed by atoms with Gasteiger partial charge < -0.3 is 9.47 Å². The maximum absolute atomic E-state index is 15.8. The number of carbonyl (C=O) groups is 7. The molecule has 71 heavy (non-hydrogen) atoms. The van der Waals surface area contributed by atoms with E-state index >= 15 is 24.0 Å². The highest BCUT2D eigenvalue weighted by molar-refractivity contribution is 6.37. The SMILES string of the molecule is COC(=O)C12CCC(C)CC1C1C(=O)C=C3C4(C)C=C(C(=O)C5=CC6(C)C7=CC(=O)C8C9CC(C)(C)CCC9(C(=O)OC)CCC8(C)C7(C)CCC6C(C)(C)C5=O)C(=O)C(C)(C)C4CCC3(C)C1(C)CC2. The van der Waals surface area contributed by atoms with Crippen LogP contribution in [0.5, 0.6) is 0 Å². The Morgan fingerprint density at radius 1 is 0.521 bits per heavy atom. The molecular formula is C62H84O9. The molecule has 0 aliphatic heterocycles. The van der Waals surface area contributed by atoms with Crippen molar-refractivity contribution in [1.82, 2.24) is 0 Å². The zero-order valence-corrected chi connectivity index (χ0v) is 45.9. The lowest BCUT2D eigenvalue weighted by Crippen LogP contribution is -2.66. The fourth-order valence-corrected chi connectivity index (χ4v) is 20.5. The summed E-state index contributed by atoms with van der Waals surface area (Å²) in [6, 6.07) is 0. The van der Waals surface area contributed by atoms with Crippen molar-refractivity contribution < 1.29 is 43.0 Å². The summed E-state index contributed by atoms with van der Waals surface area (Å²) in [6.07, 6.45) is 17.9. The number of ketones is 5. The highest BCUT2D eigenvalue weighted by Gasteiger charge is 2.74. The van der Waals surface area contributed by atoms with Gasteiger partial charge in [-0.2, -0.15) is 0 Å². The molecule has 15 unspecified atom stereocenters. The average Bonchev–Trinajstić information content (AvgIpc) is 3.29. The van der Waals surface area contributed by atoms with Crippen LogP contribution in [0.2, 0.25) is 0 Å². The van der Waals surface area contributed by atoms with Crippen molar-refractivity contribution in [1.29, 1.82) is 0 Å². The van der Waals surface area contributed by atoms with Crippen molar-refractivity contribution in [3.63, 3.8) is 0 Å². The van der Waals surface area contributed by atoms with E-state index < -0.39 is 59.9 Å². The van der Waals surface area contributed by atoms with Crippen LogP contribution in [-0.4, -0.2) is 55.1 Å². The number of rotatable bonds is 4. The Labute approximate surface area is 424 Å². The molecule has 10 rings (SSSR count). The quantitative estimate of drug-likeness (QED) is 0.199. The standard InChI is InChI=1S/C62H84O9/c1-34-16-21-61(50(68)70-14)26-23-59(12)45(37(61)28-34)39(63)29-43-55(8)31-35(48(66)53(4,5)41(55)17-19-57(43,59)10)47(65)36-32-56(9)42(54(6,7)49(36)67)18-20-58(11)44(56)30-40(64)46-38-33-52(2,3)22-25-62(38,51(69)71-15)27-24-60(46,58)13/h29-32,34,37-38,41-42,45-46H,16-28,33H2,1-15H3. The van der Waals surface area contributed by atoms with Crippen LogP contribution in [0, 0.1) is 101 Å². The fourth-order valence-electron chi connectivity index (χ4n) is 20.5. The second-order valence-corrected chi connectivity index (χ2v) is 28.9. The number of hydrogen-bond donors (Lipinski definition) is 0. The molecule has 0 aromatic carbocycles. The number of esters is 2. The first kappa shape index (κ1) is 50.8. The van der Waals surface area contributed by atoms with Crippen LogP contribution >= 0.6 is 0 Å². The number of allylic oxidation sites excluding steroid dienone is 8. The molecule has 0 heterocycles. The molecule has 9 nitrogen and oxygen atoms in total. The summed E-state index contributed by atoms with van der Waals surface area (Å²) in [5.74, 6) is -2.57. The van der Waals surface area contributed by atoms with Crippen LogP contribution in [-0.2, 0) is 43.0 Å². The molecule has 10 aliphatic carbocycles. The van der Waals surface area contributed by atoms with Gasteiger partial charge in [0.1, 0.15) is 0 Å². The zero-order chi connectivity index (χ0) is 52.0. The first-order valence-corrected chi connectivity index (χ1v) is 27.6. The number of methoxy groups -OCH3 is 2. The summed E-state index contributed by atoms with van der Waals surface area (Å²) in [5.41, 5.74) is -5.20. The van der Waals surface area contributed by atoms with Gasteiger partial charge in [0.05, 0.1) is 36.2 Å². The van der Waals surface area contributed by atoms with E-state index in [0.29, 0.717) is 44.4 Å². The van der Waals surface area contributed by atoms with E-state index in [9.17, 15) is 9.59 Å². The summed E-state index contributed by atoms with van der Waals surface area (Å²) in [7, 11) is 2.94. The lowest BCUT2D eigenvalue weighted by atomic mass is 9.34. The van der Waals surface area contributed by atoms with Gasteiger partial charge >= 0.3 is 11.9 Å². The summed E-state index contributed by atoms with van der Waals surface area (Å²) in [4.78, 5) is 104. The summed E-state index contributed by atoms with van der Waals surface area (Å²) < 4.78 is 11.1. The minimum absolute atomic E-state index is 0.00982. The molecule has 6 saturated carbocycles. The van der Waals surface area contributed by atoms with Crippen molar-refractivity contribution in [3.05, 3.63) is 46.6 Å². The van der Waals surface area contributed by atoms with Crippen LogP contribution in [0.1, 0.15) is 180 Å². The fraction of sp³-hybridized carbons (Fsp3) is 0.758. The van der Waals surface area contributed by atoms with Crippen LogP contribution in [0.4, 0.5) is 0 Å². The second kappa shape index (κ2) is 15.2. The maximum Gasteiger partial charge on any atom is 0.312 e. The van der Waals surface area contributed by atoms with Crippen LogP contribution < -0.4 is 0 Å². The molecule has 9 heteroatoms. The van der Waals surface area contributed by atoms with Gasteiger partial charge in [0, 0.05) is 33.5 Å². The number of ether oxygens (including phenoxy) is 2. The monoisotopic (exact) mass is 973 g/mol. The Morgan fingerprint density at radius 2 is 0.930 bits per heavy atom. The number of fused-ring (bicyclic) bond motifs is 14. The van der Waals surface area contributed by atoms with Crippen molar-refractivity contribution in [2.45, 2.75) is 180 Å². The minimum atomic E-state index is -1.000. The van der Waals surface area contributed by atoms with Crippen LogP contribution in [0.15, 0.2) is 46.6 Å². The highest BCUT2D eigenvalue weighted by atomic mass is 16.5. The third kappa shape index (κ3) is 6.07. The largest absolute Gasteiger partial charge is 0.469 e. The van der Waals surface area contributed by atoms with Crippen molar-refractivity contribution >= 4 is 40.9 Å². The van der Waals surface area contributed by atoms with Crippen molar-refractivity contribution in [2.24, 2.45) is 101 Å². The molecule has 386 valence electrons. The average molecular weight is 973 g/mol. The van der Waals surface area contributed by atoms with E-state index in [2.05, 4.69) is 62.3 Å². The van der Waals surface area contributed by atoms with E-state index in [-0.39, 0.29) is 87.1 Å². The Morgan fingerprint density at radius 3 is 1.37 bits per heavy atom. The van der Waals surface area contributed by atoms with Gasteiger partial charge in [0.25, 0.3) is 0 Å². The van der Waals surface area contributed by atoms with Crippen molar-refractivity contribution in [3.8, 4) is 0 Å².